The average Bonchev–Trinajstić information content (AvgIpc) is 2.59. The molecular weight excluding hydrogens is 286 g/mol. The monoisotopic (exact) mass is 303 g/mol. The number of ether oxygens (including phenoxy) is 1. The van der Waals surface area contributed by atoms with Crippen molar-refractivity contribution in [2.24, 2.45) is 0 Å². The normalized spacial score (nSPS) is 11.0. The summed E-state index contributed by atoms with van der Waals surface area (Å²) in [7, 11) is 1.64. The van der Waals surface area contributed by atoms with Gasteiger partial charge in [-0.2, -0.15) is 0 Å². The largest absolute Gasteiger partial charge is 0.497 e. The fourth-order valence-corrected chi connectivity index (χ4v) is 2.31. The molecule has 0 radical (unpaired) electrons. The third kappa shape index (κ3) is 3.46. The third-order valence-corrected chi connectivity index (χ3v) is 3.66. The lowest BCUT2D eigenvalue weighted by Gasteiger charge is -2.02. The summed E-state index contributed by atoms with van der Waals surface area (Å²) in [5.74, 6) is 0.777. The first kappa shape index (κ1) is 15.0. The van der Waals surface area contributed by atoms with Gasteiger partial charge < -0.3 is 4.74 Å². The van der Waals surface area contributed by atoms with E-state index < -0.39 is 0 Å². The van der Waals surface area contributed by atoms with Crippen LogP contribution in [0.2, 0.25) is 0 Å². The highest BCUT2D eigenvalue weighted by Crippen LogP contribution is 2.20. The van der Waals surface area contributed by atoms with Gasteiger partial charge in [0.05, 0.1) is 18.3 Å². The van der Waals surface area contributed by atoms with Gasteiger partial charge in [0.15, 0.2) is 5.78 Å². The summed E-state index contributed by atoms with van der Waals surface area (Å²) in [5, 5.41) is 1.01. The molecule has 3 aromatic rings. The van der Waals surface area contributed by atoms with Crippen LogP contribution in [0.3, 0.4) is 0 Å². The van der Waals surface area contributed by atoms with Crippen LogP contribution in [0.4, 0.5) is 0 Å². The molecule has 0 fully saturated rings. The van der Waals surface area contributed by atoms with E-state index in [4.69, 9.17) is 4.74 Å². The van der Waals surface area contributed by atoms with Crippen LogP contribution < -0.4 is 4.74 Å². The van der Waals surface area contributed by atoms with E-state index in [1.165, 1.54) is 0 Å². The first-order valence-corrected chi connectivity index (χ1v) is 7.39. The number of hydrogen-bond donors (Lipinski definition) is 0. The summed E-state index contributed by atoms with van der Waals surface area (Å²) >= 11 is 0. The quantitative estimate of drug-likeness (QED) is 0.528. The minimum Gasteiger partial charge on any atom is -0.497 e. The van der Waals surface area contributed by atoms with E-state index >= 15 is 0 Å². The molecule has 0 unspecified atom stereocenters. The Morgan fingerprint density at radius 3 is 2.57 bits per heavy atom. The Bertz CT molecular complexity index is 880. The van der Waals surface area contributed by atoms with Gasteiger partial charge in [-0.25, -0.2) is 4.98 Å². The molecule has 0 amide bonds. The second-order valence-corrected chi connectivity index (χ2v) is 5.36. The van der Waals surface area contributed by atoms with Gasteiger partial charge in [-0.15, -0.1) is 0 Å². The highest BCUT2D eigenvalue weighted by molar-refractivity contribution is 6.06. The van der Waals surface area contributed by atoms with Crippen molar-refractivity contribution in [1.82, 2.24) is 4.98 Å². The maximum absolute atomic E-state index is 12.1. The van der Waals surface area contributed by atoms with Crippen LogP contribution in [-0.2, 0) is 0 Å². The first-order valence-electron chi connectivity index (χ1n) is 7.39. The molecule has 3 nitrogen and oxygen atoms in total. The highest BCUT2D eigenvalue weighted by Gasteiger charge is 2.02. The average molecular weight is 303 g/mol. The number of allylic oxidation sites excluding steroid dienone is 1. The molecule has 1 heterocycles. The summed E-state index contributed by atoms with van der Waals surface area (Å²) in [6.45, 7) is 2.00. The summed E-state index contributed by atoms with van der Waals surface area (Å²) in [5.41, 5.74) is 3.44. The molecule has 0 saturated heterocycles. The van der Waals surface area contributed by atoms with Gasteiger partial charge in [-0.05, 0) is 43.3 Å². The highest BCUT2D eigenvalue weighted by atomic mass is 16.5. The molecule has 0 bridgehead atoms. The van der Waals surface area contributed by atoms with Crippen molar-refractivity contribution in [3.8, 4) is 5.75 Å². The molecule has 114 valence electrons. The van der Waals surface area contributed by atoms with E-state index in [1.54, 1.807) is 19.3 Å². The second kappa shape index (κ2) is 6.44. The predicted molar refractivity (Wildman–Crippen MR) is 92.8 cm³/mol. The minimum absolute atomic E-state index is 0.0263. The van der Waals surface area contributed by atoms with Crippen LogP contribution in [0.25, 0.3) is 17.0 Å². The van der Waals surface area contributed by atoms with Gasteiger partial charge >= 0.3 is 0 Å². The Kier molecular flexibility index (Phi) is 4.20. The lowest BCUT2D eigenvalue weighted by molar-refractivity contribution is 0.104. The van der Waals surface area contributed by atoms with E-state index in [-0.39, 0.29) is 5.78 Å². The molecule has 3 rings (SSSR count). The Balaban J connectivity index is 1.83. The lowest BCUT2D eigenvalue weighted by Crippen LogP contribution is -1.94. The standard InChI is InChI=1S/C20H17NO2/c1-14-3-5-15(6-4-14)20(22)12-9-17-8-7-16-13-18(23-2)10-11-19(16)21-17/h3-13H,1-2H3/b12-9+. The van der Waals surface area contributed by atoms with Crippen LogP contribution in [0, 0.1) is 6.92 Å². The number of aryl methyl sites for hydroxylation is 1. The number of ketones is 1. The molecule has 0 aliphatic rings. The molecule has 2 aromatic carbocycles. The summed E-state index contributed by atoms with van der Waals surface area (Å²) in [6, 6.07) is 17.1. The molecule has 0 aliphatic heterocycles. The van der Waals surface area contributed by atoms with Crippen molar-refractivity contribution < 1.29 is 9.53 Å². The molecule has 3 heteroatoms. The molecule has 1 aromatic heterocycles. The number of aromatic nitrogens is 1. The second-order valence-electron chi connectivity index (χ2n) is 5.36. The van der Waals surface area contributed by atoms with Crippen molar-refractivity contribution in [2.75, 3.05) is 7.11 Å². The summed E-state index contributed by atoms with van der Waals surface area (Å²) in [4.78, 5) is 16.7. The number of benzene rings is 2. The Morgan fingerprint density at radius 1 is 1.04 bits per heavy atom. The Hall–Kier alpha value is -2.94. The molecule has 0 N–H and O–H groups in total. The van der Waals surface area contributed by atoms with Gasteiger partial charge in [-0.3, -0.25) is 4.79 Å². The van der Waals surface area contributed by atoms with Crippen molar-refractivity contribution in [3.63, 3.8) is 0 Å². The molecule has 0 aliphatic carbocycles. The van der Waals surface area contributed by atoms with Crippen molar-refractivity contribution in [2.45, 2.75) is 6.92 Å². The van der Waals surface area contributed by atoms with Gasteiger partial charge in [-0.1, -0.05) is 35.9 Å². The van der Waals surface area contributed by atoms with Gasteiger partial charge in [0.2, 0.25) is 0 Å². The molecule has 0 saturated carbocycles. The number of carbonyl (C=O) groups excluding carboxylic acids is 1. The number of rotatable bonds is 4. The smallest absolute Gasteiger partial charge is 0.185 e. The van der Waals surface area contributed by atoms with E-state index in [0.29, 0.717) is 5.56 Å². The first-order chi connectivity index (χ1) is 11.2. The topological polar surface area (TPSA) is 39.2 Å². The number of fused-ring (bicyclic) bond motifs is 1. The van der Waals surface area contributed by atoms with E-state index in [1.807, 2.05) is 61.5 Å². The van der Waals surface area contributed by atoms with E-state index in [2.05, 4.69) is 4.98 Å². The fraction of sp³-hybridized carbons (Fsp3) is 0.100. The summed E-state index contributed by atoms with van der Waals surface area (Å²) in [6.07, 6.45) is 3.30. The van der Waals surface area contributed by atoms with E-state index in [9.17, 15) is 4.79 Å². The van der Waals surface area contributed by atoms with Crippen molar-refractivity contribution in [1.29, 1.82) is 0 Å². The number of methoxy groups -OCH3 is 1. The molecule has 0 atom stereocenters. The molecular formula is C20H17NO2. The minimum atomic E-state index is -0.0263. The third-order valence-electron chi connectivity index (χ3n) is 3.66. The zero-order valence-electron chi connectivity index (χ0n) is 13.1. The zero-order chi connectivity index (χ0) is 16.2. The number of pyridine rings is 1. The Labute approximate surface area is 135 Å². The zero-order valence-corrected chi connectivity index (χ0v) is 13.1. The van der Waals surface area contributed by atoms with Crippen molar-refractivity contribution in [3.05, 3.63) is 77.5 Å². The fourth-order valence-electron chi connectivity index (χ4n) is 2.31. The number of hydrogen-bond acceptors (Lipinski definition) is 3. The van der Waals surface area contributed by atoms with Gasteiger partial charge in [0.25, 0.3) is 0 Å². The predicted octanol–water partition coefficient (Wildman–Crippen LogP) is 4.45. The van der Waals surface area contributed by atoms with Crippen molar-refractivity contribution >= 4 is 22.8 Å². The number of carbonyl (C=O) groups is 1. The van der Waals surface area contributed by atoms with Crippen LogP contribution >= 0.6 is 0 Å². The van der Waals surface area contributed by atoms with Crippen LogP contribution in [0.1, 0.15) is 21.6 Å². The van der Waals surface area contributed by atoms with Crippen LogP contribution in [0.15, 0.2) is 60.7 Å². The Morgan fingerprint density at radius 2 is 1.83 bits per heavy atom. The molecule has 0 spiro atoms. The van der Waals surface area contributed by atoms with Crippen LogP contribution in [-0.4, -0.2) is 17.9 Å². The van der Waals surface area contributed by atoms with Crippen LogP contribution in [0.5, 0.6) is 5.75 Å². The maximum Gasteiger partial charge on any atom is 0.185 e. The maximum atomic E-state index is 12.1. The van der Waals surface area contributed by atoms with Gasteiger partial charge in [0.1, 0.15) is 5.75 Å². The number of nitrogens with zero attached hydrogens (tertiary/aromatic N) is 1. The van der Waals surface area contributed by atoms with Gasteiger partial charge in [0, 0.05) is 10.9 Å². The lowest BCUT2D eigenvalue weighted by atomic mass is 10.1. The van der Waals surface area contributed by atoms with E-state index in [0.717, 1.165) is 27.9 Å². The summed E-state index contributed by atoms with van der Waals surface area (Å²) < 4.78 is 5.20. The SMILES string of the molecule is COc1ccc2nc(/C=C/C(=O)c3ccc(C)cc3)ccc2c1. The molecule has 23 heavy (non-hydrogen) atoms.